The number of halogens is 1. The number of rotatable bonds is 4. The third kappa shape index (κ3) is 3.68. The first-order chi connectivity index (χ1) is 14.1. The highest BCUT2D eigenvalue weighted by Crippen LogP contribution is 2.43. The molecule has 2 aromatic carbocycles. The van der Waals surface area contributed by atoms with Gasteiger partial charge in [-0.1, -0.05) is 36.0 Å². The number of para-hydroxylation sites is 1. The monoisotopic (exact) mass is 409 g/mol. The lowest BCUT2D eigenvalue weighted by molar-refractivity contribution is -0.129. The number of hydrogen-bond donors (Lipinski definition) is 0. The van der Waals surface area contributed by atoms with Gasteiger partial charge in [-0.25, -0.2) is 4.39 Å². The van der Waals surface area contributed by atoms with Gasteiger partial charge in [0.05, 0.1) is 41.5 Å². The van der Waals surface area contributed by atoms with Crippen LogP contribution in [0.25, 0.3) is 0 Å². The van der Waals surface area contributed by atoms with E-state index in [1.54, 1.807) is 23.1 Å². The molecule has 2 aromatic rings. The Morgan fingerprint density at radius 2 is 2.00 bits per heavy atom. The summed E-state index contributed by atoms with van der Waals surface area (Å²) in [7, 11) is 0. The second-order valence-corrected chi connectivity index (χ2v) is 7.75. The Balaban J connectivity index is 1.63. The molecule has 0 bridgehead atoms. The van der Waals surface area contributed by atoms with Gasteiger partial charge in [0.1, 0.15) is 11.6 Å². The highest BCUT2D eigenvalue weighted by Gasteiger charge is 2.38. The minimum atomic E-state index is -0.322. The number of thioether (sulfide) groups is 1. The van der Waals surface area contributed by atoms with Gasteiger partial charge >= 0.3 is 0 Å². The predicted molar refractivity (Wildman–Crippen MR) is 111 cm³/mol. The summed E-state index contributed by atoms with van der Waals surface area (Å²) < 4.78 is 19.7. The van der Waals surface area contributed by atoms with Crippen molar-refractivity contribution in [2.75, 3.05) is 24.1 Å². The number of allylic oxidation sites excluding steroid dienone is 1. The van der Waals surface area contributed by atoms with E-state index in [4.69, 9.17) is 4.74 Å². The zero-order valence-electron chi connectivity index (χ0n) is 16.0. The van der Waals surface area contributed by atoms with Crippen molar-refractivity contribution in [1.82, 2.24) is 4.90 Å². The zero-order chi connectivity index (χ0) is 20.4. The molecular formula is C22H20FN3O2S. The SMILES string of the molecule is CCOc1ccc([C@@H]2CC(=O)N3CN(c4ccccc4F)CSC3=C2C#N)cc1. The lowest BCUT2D eigenvalue weighted by Crippen LogP contribution is -2.47. The van der Waals surface area contributed by atoms with Gasteiger partial charge in [0.25, 0.3) is 0 Å². The summed E-state index contributed by atoms with van der Waals surface area (Å²) in [5.74, 6) is 0.575. The van der Waals surface area contributed by atoms with Gasteiger partial charge in [-0.3, -0.25) is 9.69 Å². The summed E-state index contributed by atoms with van der Waals surface area (Å²) in [4.78, 5) is 16.3. The minimum absolute atomic E-state index is 0.0635. The number of benzene rings is 2. The van der Waals surface area contributed by atoms with Gasteiger partial charge in [0, 0.05) is 12.3 Å². The van der Waals surface area contributed by atoms with E-state index >= 15 is 0 Å². The van der Waals surface area contributed by atoms with Gasteiger partial charge in [0.2, 0.25) is 5.91 Å². The van der Waals surface area contributed by atoms with Crippen molar-refractivity contribution < 1.29 is 13.9 Å². The van der Waals surface area contributed by atoms with E-state index < -0.39 is 0 Å². The number of nitriles is 1. The lowest BCUT2D eigenvalue weighted by atomic mass is 9.86. The van der Waals surface area contributed by atoms with Crippen molar-refractivity contribution >= 4 is 23.4 Å². The Bertz CT molecular complexity index is 1000. The first-order valence-electron chi connectivity index (χ1n) is 9.42. The molecule has 2 aliphatic rings. The van der Waals surface area contributed by atoms with Crippen molar-refractivity contribution in [2.45, 2.75) is 19.3 Å². The molecule has 0 radical (unpaired) electrons. The Hall–Kier alpha value is -2.98. The van der Waals surface area contributed by atoms with Crippen LogP contribution in [-0.2, 0) is 4.79 Å². The molecule has 0 aliphatic carbocycles. The molecule has 2 aliphatic heterocycles. The molecule has 1 atom stereocenters. The summed E-state index contributed by atoms with van der Waals surface area (Å²) in [6, 6.07) is 16.4. The average molecular weight is 409 g/mol. The molecule has 148 valence electrons. The Morgan fingerprint density at radius 1 is 1.24 bits per heavy atom. The van der Waals surface area contributed by atoms with Gasteiger partial charge in [-0.15, -0.1) is 0 Å². The Labute approximate surface area is 173 Å². The minimum Gasteiger partial charge on any atom is -0.494 e. The van der Waals surface area contributed by atoms with Crippen LogP contribution in [0.1, 0.15) is 24.8 Å². The predicted octanol–water partition coefficient (Wildman–Crippen LogP) is 4.44. The summed E-state index contributed by atoms with van der Waals surface area (Å²) in [5.41, 5.74) is 1.97. The van der Waals surface area contributed by atoms with Crippen LogP contribution in [0.3, 0.4) is 0 Å². The van der Waals surface area contributed by atoms with Crippen LogP contribution in [0.4, 0.5) is 10.1 Å². The zero-order valence-corrected chi connectivity index (χ0v) is 16.8. The van der Waals surface area contributed by atoms with E-state index in [0.717, 1.165) is 11.3 Å². The van der Waals surface area contributed by atoms with Gasteiger partial charge in [0.15, 0.2) is 0 Å². The van der Waals surface area contributed by atoms with Crippen molar-refractivity contribution in [3.05, 3.63) is 70.5 Å². The molecular weight excluding hydrogens is 389 g/mol. The molecule has 2 heterocycles. The molecule has 29 heavy (non-hydrogen) atoms. The molecule has 0 unspecified atom stereocenters. The molecule has 7 heteroatoms. The number of hydrogen-bond acceptors (Lipinski definition) is 5. The summed E-state index contributed by atoms with van der Waals surface area (Å²) >= 11 is 1.40. The maximum Gasteiger partial charge on any atom is 0.229 e. The number of carbonyl (C=O) groups excluding carboxylic acids is 1. The number of ether oxygens (including phenoxy) is 1. The van der Waals surface area contributed by atoms with Gasteiger partial charge in [-0.2, -0.15) is 5.26 Å². The fourth-order valence-corrected chi connectivity index (χ4v) is 4.83. The Morgan fingerprint density at radius 3 is 2.69 bits per heavy atom. The largest absolute Gasteiger partial charge is 0.494 e. The molecule has 1 fully saturated rings. The van der Waals surface area contributed by atoms with Gasteiger partial charge in [-0.05, 0) is 36.8 Å². The van der Waals surface area contributed by atoms with E-state index in [1.807, 2.05) is 36.1 Å². The smallest absolute Gasteiger partial charge is 0.229 e. The van der Waals surface area contributed by atoms with Crippen molar-refractivity contribution in [3.63, 3.8) is 0 Å². The quantitative estimate of drug-likeness (QED) is 0.747. The average Bonchev–Trinajstić information content (AvgIpc) is 2.75. The van der Waals surface area contributed by atoms with Crippen molar-refractivity contribution in [2.24, 2.45) is 0 Å². The molecule has 0 aromatic heterocycles. The van der Waals surface area contributed by atoms with Crippen LogP contribution < -0.4 is 9.64 Å². The number of carbonyl (C=O) groups is 1. The van der Waals surface area contributed by atoms with Crippen LogP contribution in [0.15, 0.2) is 59.1 Å². The number of nitrogens with zero attached hydrogens (tertiary/aromatic N) is 3. The van der Waals surface area contributed by atoms with Crippen LogP contribution in [0.5, 0.6) is 5.75 Å². The summed E-state index contributed by atoms with van der Waals surface area (Å²) in [6.45, 7) is 2.74. The van der Waals surface area contributed by atoms with Crippen LogP contribution >= 0.6 is 11.8 Å². The second-order valence-electron chi connectivity index (χ2n) is 6.82. The number of fused-ring (bicyclic) bond motifs is 1. The van der Waals surface area contributed by atoms with Crippen LogP contribution in [-0.4, -0.2) is 30.0 Å². The van der Waals surface area contributed by atoms with Crippen LogP contribution in [0, 0.1) is 17.1 Å². The maximum absolute atomic E-state index is 14.2. The van der Waals surface area contributed by atoms with Crippen molar-refractivity contribution in [3.8, 4) is 11.8 Å². The first-order valence-corrected chi connectivity index (χ1v) is 10.4. The standard InChI is InChI=1S/C22H20FN3O2S/c1-2-28-16-9-7-15(8-10-16)17-11-21(27)26-13-25(14-29-22(26)18(17)12-24)20-6-4-3-5-19(20)23/h3-10,17H,2,11,13-14H2,1H3/t17-/m0/s1. The maximum atomic E-state index is 14.2. The third-order valence-electron chi connectivity index (χ3n) is 5.08. The highest BCUT2D eigenvalue weighted by molar-refractivity contribution is 8.03. The number of anilines is 1. The van der Waals surface area contributed by atoms with Gasteiger partial charge < -0.3 is 9.64 Å². The summed E-state index contributed by atoms with van der Waals surface area (Å²) in [6.07, 6.45) is 0.214. The number of amides is 1. The van der Waals surface area contributed by atoms with Crippen molar-refractivity contribution in [1.29, 1.82) is 5.26 Å². The normalized spacial score (nSPS) is 19.1. The van der Waals surface area contributed by atoms with Crippen LogP contribution in [0.2, 0.25) is 0 Å². The van der Waals surface area contributed by atoms with E-state index in [9.17, 15) is 14.4 Å². The van der Waals surface area contributed by atoms with E-state index in [-0.39, 0.29) is 30.7 Å². The molecule has 1 amide bonds. The fraction of sp³-hybridized carbons (Fsp3) is 0.273. The molecule has 1 saturated heterocycles. The second kappa shape index (κ2) is 8.18. The topological polar surface area (TPSA) is 56.6 Å². The van der Waals surface area contributed by atoms with E-state index in [1.165, 1.54) is 17.8 Å². The van der Waals surface area contributed by atoms with E-state index in [0.29, 0.717) is 28.8 Å². The molecule has 0 spiro atoms. The summed E-state index contributed by atoms with van der Waals surface area (Å²) in [5, 5.41) is 10.5. The highest BCUT2D eigenvalue weighted by atomic mass is 32.2. The first kappa shape index (κ1) is 19.3. The molecule has 5 nitrogen and oxygen atoms in total. The molecule has 4 rings (SSSR count). The molecule has 0 N–H and O–H groups in total. The Kier molecular flexibility index (Phi) is 5.45. The fourth-order valence-electron chi connectivity index (χ4n) is 3.67. The molecule has 0 saturated carbocycles. The third-order valence-corrected chi connectivity index (χ3v) is 6.23. The van der Waals surface area contributed by atoms with E-state index in [2.05, 4.69) is 6.07 Å². The lowest BCUT2D eigenvalue weighted by Gasteiger charge is -2.42.